The van der Waals surface area contributed by atoms with Gasteiger partial charge in [0.2, 0.25) is 6.04 Å². The summed E-state index contributed by atoms with van der Waals surface area (Å²) in [5, 5.41) is 21.1. The van der Waals surface area contributed by atoms with Crippen molar-refractivity contribution in [1.29, 1.82) is 10.5 Å². The first-order chi connectivity index (χ1) is 7.33. The monoisotopic (exact) mass is 196 g/mol. The van der Waals surface area contributed by atoms with Crippen molar-refractivity contribution in [3.05, 3.63) is 30.3 Å². The lowest BCUT2D eigenvalue weighted by Gasteiger charge is -2.00. The molecule has 2 aromatic rings. The minimum absolute atomic E-state index is 0.685. The molecule has 0 radical (unpaired) electrons. The molecule has 1 aromatic carbocycles. The minimum Gasteiger partial charge on any atom is -0.345 e. The lowest BCUT2D eigenvalue weighted by Crippen LogP contribution is -2.14. The molecule has 0 aliphatic carbocycles. The number of fused-ring (bicyclic) bond motifs is 1. The number of anilines is 1. The number of hydrogen-bond acceptors (Lipinski definition) is 3. The molecule has 0 bridgehead atoms. The normalized spacial score (nSPS) is 9.80. The fraction of sp³-hybridized carbons (Fsp3) is 0.0909. The van der Waals surface area contributed by atoms with Gasteiger partial charge in [-0.1, -0.05) is 18.2 Å². The van der Waals surface area contributed by atoms with Gasteiger partial charge in [-0.05, 0) is 12.1 Å². The van der Waals surface area contributed by atoms with Crippen molar-refractivity contribution < 1.29 is 0 Å². The van der Waals surface area contributed by atoms with E-state index >= 15 is 0 Å². The average molecular weight is 196 g/mol. The van der Waals surface area contributed by atoms with E-state index in [1.54, 1.807) is 0 Å². The molecule has 0 saturated carbocycles. The zero-order chi connectivity index (χ0) is 10.7. The van der Waals surface area contributed by atoms with Gasteiger partial charge in [0.15, 0.2) is 0 Å². The van der Waals surface area contributed by atoms with Gasteiger partial charge < -0.3 is 10.3 Å². The quantitative estimate of drug-likeness (QED) is 0.771. The maximum Gasteiger partial charge on any atom is 0.203 e. The van der Waals surface area contributed by atoms with Crippen molar-refractivity contribution in [2.75, 3.05) is 5.32 Å². The highest BCUT2D eigenvalue weighted by atomic mass is 15.0. The molecule has 0 unspecified atom stereocenters. The number of nitriles is 2. The standard InChI is InChI=1S/C11H8N4/c12-6-9(7-13)14-11-5-8-3-1-2-4-10(8)15-11/h1-5,9,14-15H. The first-order valence-electron chi connectivity index (χ1n) is 4.47. The molecular weight excluding hydrogens is 188 g/mol. The van der Waals surface area contributed by atoms with Crippen LogP contribution in [0.2, 0.25) is 0 Å². The van der Waals surface area contributed by atoms with Crippen molar-refractivity contribution in [2.24, 2.45) is 0 Å². The van der Waals surface area contributed by atoms with Gasteiger partial charge in [-0.2, -0.15) is 10.5 Å². The van der Waals surface area contributed by atoms with E-state index in [0.29, 0.717) is 5.82 Å². The highest BCUT2D eigenvalue weighted by Crippen LogP contribution is 2.18. The Bertz CT molecular complexity index is 509. The van der Waals surface area contributed by atoms with Crippen molar-refractivity contribution in [3.63, 3.8) is 0 Å². The summed E-state index contributed by atoms with van der Waals surface area (Å²) in [6, 6.07) is 12.5. The Hall–Kier alpha value is -2.46. The fourth-order valence-electron chi connectivity index (χ4n) is 1.40. The second-order valence-corrected chi connectivity index (χ2v) is 3.11. The van der Waals surface area contributed by atoms with Gasteiger partial charge in [0.05, 0.1) is 0 Å². The number of rotatable bonds is 2. The molecule has 2 rings (SSSR count). The predicted molar refractivity (Wildman–Crippen MR) is 56.9 cm³/mol. The van der Waals surface area contributed by atoms with Gasteiger partial charge in [0.25, 0.3) is 0 Å². The summed E-state index contributed by atoms with van der Waals surface area (Å²) < 4.78 is 0. The molecule has 1 heterocycles. The third kappa shape index (κ3) is 1.74. The van der Waals surface area contributed by atoms with Crippen LogP contribution in [-0.4, -0.2) is 11.0 Å². The molecule has 0 atom stereocenters. The van der Waals surface area contributed by atoms with Gasteiger partial charge >= 0.3 is 0 Å². The van der Waals surface area contributed by atoms with Gasteiger partial charge in [-0.15, -0.1) is 0 Å². The smallest absolute Gasteiger partial charge is 0.203 e. The Kier molecular flexibility index (Phi) is 2.26. The van der Waals surface area contributed by atoms with E-state index in [9.17, 15) is 0 Å². The van der Waals surface area contributed by atoms with Crippen LogP contribution in [0.15, 0.2) is 30.3 Å². The van der Waals surface area contributed by atoms with Crippen molar-refractivity contribution in [1.82, 2.24) is 4.98 Å². The van der Waals surface area contributed by atoms with Crippen LogP contribution < -0.4 is 5.32 Å². The number of para-hydroxylation sites is 1. The third-order valence-corrected chi connectivity index (χ3v) is 2.09. The minimum atomic E-state index is -0.821. The van der Waals surface area contributed by atoms with Gasteiger partial charge in [-0.25, -0.2) is 0 Å². The molecule has 0 aliphatic rings. The highest BCUT2D eigenvalue weighted by molar-refractivity contribution is 5.83. The molecule has 0 fully saturated rings. The van der Waals surface area contributed by atoms with Crippen molar-refractivity contribution >= 4 is 16.7 Å². The number of nitrogens with zero attached hydrogens (tertiary/aromatic N) is 2. The summed E-state index contributed by atoms with van der Waals surface area (Å²) in [5.74, 6) is 0.685. The first-order valence-corrected chi connectivity index (χ1v) is 4.47. The lowest BCUT2D eigenvalue weighted by atomic mass is 10.2. The van der Waals surface area contributed by atoms with E-state index in [0.717, 1.165) is 10.9 Å². The molecule has 0 amide bonds. The molecule has 1 aromatic heterocycles. The number of aromatic nitrogens is 1. The molecule has 0 spiro atoms. The molecule has 0 saturated heterocycles. The summed E-state index contributed by atoms with van der Waals surface area (Å²) in [7, 11) is 0. The van der Waals surface area contributed by atoms with Crippen LogP contribution in [0.1, 0.15) is 0 Å². The second-order valence-electron chi connectivity index (χ2n) is 3.11. The number of nitrogens with one attached hydrogen (secondary N) is 2. The largest absolute Gasteiger partial charge is 0.345 e. The lowest BCUT2D eigenvalue weighted by molar-refractivity contribution is 1.11. The Morgan fingerprint density at radius 3 is 2.60 bits per heavy atom. The number of hydrogen-bond donors (Lipinski definition) is 2. The second kappa shape index (κ2) is 3.73. The summed E-state index contributed by atoms with van der Waals surface area (Å²) in [6.45, 7) is 0. The van der Waals surface area contributed by atoms with Crippen LogP contribution in [0.3, 0.4) is 0 Å². The van der Waals surface area contributed by atoms with Gasteiger partial charge in [0.1, 0.15) is 18.0 Å². The van der Waals surface area contributed by atoms with E-state index in [4.69, 9.17) is 10.5 Å². The van der Waals surface area contributed by atoms with E-state index in [2.05, 4.69) is 10.3 Å². The fourth-order valence-corrected chi connectivity index (χ4v) is 1.40. The van der Waals surface area contributed by atoms with Crippen molar-refractivity contribution in [3.8, 4) is 12.1 Å². The Morgan fingerprint density at radius 1 is 1.20 bits per heavy atom. The topological polar surface area (TPSA) is 75.4 Å². The average Bonchev–Trinajstić information content (AvgIpc) is 2.68. The molecule has 15 heavy (non-hydrogen) atoms. The summed E-state index contributed by atoms with van der Waals surface area (Å²) in [5.41, 5.74) is 0.981. The van der Waals surface area contributed by atoms with Crippen LogP contribution in [0.5, 0.6) is 0 Å². The summed E-state index contributed by atoms with van der Waals surface area (Å²) >= 11 is 0. The molecule has 4 nitrogen and oxygen atoms in total. The maximum atomic E-state index is 8.61. The van der Waals surface area contributed by atoms with Gasteiger partial charge in [-0.3, -0.25) is 0 Å². The summed E-state index contributed by atoms with van der Waals surface area (Å²) in [4.78, 5) is 3.08. The van der Waals surface area contributed by atoms with Crippen molar-refractivity contribution in [2.45, 2.75) is 6.04 Å². The Labute approximate surface area is 86.8 Å². The zero-order valence-electron chi connectivity index (χ0n) is 7.86. The van der Waals surface area contributed by atoms with Gasteiger partial charge in [0, 0.05) is 10.9 Å². The molecule has 0 aliphatic heterocycles. The summed E-state index contributed by atoms with van der Waals surface area (Å²) in [6.07, 6.45) is 0. The third-order valence-electron chi connectivity index (χ3n) is 2.09. The highest BCUT2D eigenvalue weighted by Gasteiger charge is 2.06. The maximum absolute atomic E-state index is 8.61. The number of aromatic amines is 1. The zero-order valence-corrected chi connectivity index (χ0v) is 7.86. The van der Waals surface area contributed by atoms with Crippen LogP contribution in [-0.2, 0) is 0 Å². The molecule has 2 N–H and O–H groups in total. The van der Waals surface area contributed by atoms with E-state index in [-0.39, 0.29) is 0 Å². The molecule has 72 valence electrons. The number of H-pyrrole nitrogens is 1. The SMILES string of the molecule is N#CC(C#N)Nc1cc2ccccc2[nH]1. The van der Waals surface area contributed by atoms with Crippen LogP contribution in [0.25, 0.3) is 10.9 Å². The molecule has 4 heteroatoms. The Morgan fingerprint density at radius 2 is 1.93 bits per heavy atom. The Balaban J connectivity index is 2.31. The predicted octanol–water partition coefficient (Wildman–Crippen LogP) is 2.00. The van der Waals surface area contributed by atoms with E-state index < -0.39 is 6.04 Å². The first kappa shape index (κ1) is 9.11. The number of benzene rings is 1. The van der Waals surface area contributed by atoms with Crippen LogP contribution in [0, 0.1) is 22.7 Å². The van der Waals surface area contributed by atoms with Crippen LogP contribution in [0.4, 0.5) is 5.82 Å². The van der Waals surface area contributed by atoms with E-state index in [1.807, 2.05) is 42.5 Å². The van der Waals surface area contributed by atoms with E-state index in [1.165, 1.54) is 0 Å². The van der Waals surface area contributed by atoms with Crippen LogP contribution >= 0.6 is 0 Å². The molecular formula is C11H8N4.